The molecule has 3 aliphatic carbocycles. The van der Waals surface area contributed by atoms with E-state index in [9.17, 15) is 0 Å². The van der Waals surface area contributed by atoms with Crippen LogP contribution < -0.4 is 0 Å². The predicted octanol–water partition coefficient (Wildman–Crippen LogP) is 6.49. The van der Waals surface area contributed by atoms with E-state index >= 15 is 0 Å². The first kappa shape index (κ1) is 23.5. The van der Waals surface area contributed by atoms with Crippen LogP contribution in [-0.4, -0.2) is 36.6 Å². The molecule has 0 aromatic heterocycles. The Morgan fingerprint density at radius 2 is 1.52 bits per heavy atom. The van der Waals surface area contributed by atoms with Crippen molar-refractivity contribution in [3.05, 3.63) is 0 Å². The Balaban J connectivity index is 1.46. The summed E-state index contributed by atoms with van der Waals surface area (Å²) < 4.78 is 18.7. The van der Waals surface area contributed by atoms with E-state index in [1.165, 1.54) is 32.1 Å². The van der Waals surface area contributed by atoms with Crippen LogP contribution in [0.5, 0.6) is 0 Å². The van der Waals surface area contributed by atoms with Gasteiger partial charge in [-0.3, -0.25) is 0 Å². The first-order valence-electron chi connectivity index (χ1n) is 12.4. The van der Waals surface area contributed by atoms with Crippen LogP contribution in [0.4, 0.5) is 0 Å². The van der Waals surface area contributed by atoms with E-state index in [-0.39, 0.29) is 11.2 Å². The normalized spacial score (nSPS) is 35.5. The SMILES string of the molecule is CCOC(C)(C)CCOC(C)(C)CC1CC2C3CC(O[C@H](C)C(C)C)C(C3)C2C1. The molecule has 0 aliphatic heterocycles. The van der Waals surface area contributed by atoms with Crippen molar-refractivity contribution in [3.63, 3.8) is 0 Å². The van der Waals surface area contributed by atoms with Crippen LogP contribution >= 0.6 is 0 Å². The van der Waals surface area contributed by atoms with E-state index in [2.05, 4.69) is 55.4 Å². The second kappa shape index (κ2) is 9.17. The number of rotatable bonds is 11. The van der Waals surface area contributed by atoms with Gasteiger partial charge in [0.05, 0.1) is 30.0 Å². The van der Waals surface area contributed by atoms with Crippen molar-refractivity contribution in [2.24, 2.45) is 35.5 Å². The van der Waals surface area contributed by atoms with Crippen molar-refractivity contribution >= 4 is 0 Å². The average molecular weight is 409 g/mol. The van der Waals surface area contributed by atoms with Gasteiger partial charge in [0.15, 0.2) is 0 Å². The van der Waals surface area contributed by atoms with E-state index in [4.69, 9.17) is 14.2 Å². The lowest BCUT2D eigenvalue weighted by molar-refractivity contribution is -0.0765. The molecule has 0 radical (unpaired) electrons. The molecular formula is C26H48O3. The molecule has 3 aliphatic rings. The highest BCUT2D eigenvalue weighted by molar-refractivity contribution is 5.06. The maximum Gasteiger partial charge on any atom is 0.0648 e. The lowest BCUT2D eigenvalue weighted by Crippen LogP contribution is -2.34. The second-order valence-electron chi connectivity index (χ2n) is 11.9. The highest BCUT2D eigenvalue weighted by Gasteiger charge is 2.56. The highest BCUT2D eigenvalue weighted by Crippen LogP contribution is 2.61. The minimum atomic E-state index is -0.0868. The van der Waals surface area contributed by atoms with Gasteiger partial charge in [0, 0.05) is 6.61 Å². The smallest absolute Gasteiger partial charge is 0.0648 e. The molecular weight excluding hydrogens is 360 g/mol. The van der Waals surface area contributed by atoms with Crippen molar-refractivity contribution in [1.82, 2.24) is 0 Å². The zero-order valence-electron chi connectivity index (χ0n) is 20.5. The van der Waals surface area contributed by atoms with Crippen LogP contribution in [0.2, 0.25) is 0 Å². The van der Waals surface area contributed by atoms with Crippen LogP contribution in [0, 0.1) is 35.5 Å². The van der Waals surface area contributed by atoms with E-state index < -0.39 is 0 Å². The molecule has 0 saturated heterocycles. The molecule has 0 aromatic carbocycles. The molecule has 0 aromatic rings. The zero-order chi connectivity index (χ0) is 21.4. The summed E-state index contributed by atoms with van der Waals surface area (Å²) in [5.41, 5.74) is -0.122. The lowest BCUT2D eigenvalue weighted by Gasteiger charge is -2.34. The third-order valence-electron chi connectivity index (χ3n) is 8.34. The minimum absolute atomic E-state index is 0.0350. The molecule has 0 amide bonds. The van der Waals surface area contributed by atoms with Gasteiger partial charge in [-0.25, -0.2) is 0 Å². The van der Waals surface area contributed by atoms with Gasteiger partial charge in [-0.1, -0.05) is 13.8 Å². The van der Waals surface area contributed by atoms with Crippen molar-refractivity contribution in [2.75, 3.05) is 13.2 Å². The maximum absolute atomic E-state index is 6.52. The van der Waals surface area contributed by atoms with Gasteiger partial charge >= 0.3 is 0 Å². The van der Waals surface area contributed by atoms with Crippen LogP contribution in [0.25, 0.3) is 0 Å². The summed E-state index contributed by atoms with van der Waals surface area (Å²) >= 11 is 0. The topological polar surface area (TPSA) is 27.7 Å². The third kappa shape index (κ3) is 5.77. The molecule has 3 fully saturated rings. The molecule has 3 nitrogen and oxygen atoms in total. The van der Waals surface area contributed by atoms with Gasteiger partial charge in [0.1, 0.15) is 0 Å². The molecule has 6 unspecified atom stereocenters. The van der Waals surface area contributed by atoms with E-state index in [0.29, 0.717) is 18.1 Å². The fourth-order valence-corrected chi connectivity index (χ4v) is 6.67. The first-order valence-corrected chi connectivity index (χ1v) is 12.4. The minimum Gasteiger partial charge on any atom is -0.376 e. The number of hydrogen-bond acceptors (Lipinski definition) is 3. The second-order valence-corrected chi connectivity index (χ2v) is 11.9. The van der Waals surface area contributed by atoms with Gasteiger partial charge < -0.3 is 14.2 Å². The van der Waals surface area contributed by atoms with Gasteiger partial charge in [-0.2, -0.15) is 0 Å². The Hall–Kier alpha value is -0.120. The molecule has 170 valence electrons. The highest BCUT2D eigenvalue weighted by atomic mass is 16.5. The Labute approximate surface area is 180 Å². The number of hydrogen-bond donors (Lipinski definition) is 0. The summed E-state index contributed by atoms with van der Waals surface area (Å²) in [5.74, 6) is 5.07. The molecule has 3 rings (SSSR count). The molecule has 3 saturated carbocycles. The lowest BCUT2D eigenvalue weighted by atomic mass is 9.80. The molecule has 29 heavy (non-hydrogen) atoms. The van der Waals surface area contributed by atoms with Gasteiger partial charge in [-0.05, 0) is 116 Å². The average Bonchev–Trinajstić information content (AvgIpc) is 3.24. The third-order valence-corrected chi connectivity index (χ3v) is 8.34. The summed E-state index contributed by atoms with van der Waals surface area (Å²) in [6.45, 7) is 19.4. The molecule has 7 atom stereocenters. The van der Waals surface area contributed by atoms with Gasteiger partial charge in [0.2, 0.25) is 0 Å². The Kier molecular flexibility index (Phi) is 7.44. The number of ether oxygens (including phenoxy) is 3. The Morgan fingerprint density at radius 1 is 0.828 bits per heavy atom. The predicted molar refractivity (Wildman–Crippen MR) is 120 cm³/mol. The monoisotopic (exact) mass is 408 g/mol. The summed E-state index contributed by atoms with van der Waals surface area (Å²) in [6, 6.07) is 0. The van der Waals surface area contributed by atoms with Crippen LogP contribution in [0.3, 0.4) is 0 Å². The molecule has 2 bridgehead atoms. The Morgan fingerprint density at radius 3 is 2.17 bits per heavy atom. The van der Waals surface area contributed by atoms with Crippen molar-refractivity contribution in [1.29, 1.82) is 0 Å². The fraction of sp³-hybridized carbons (Fsp3) is 1.00. The Bertz CT molecular complexity index is 526. The summed E-state index contributed by atoms with van der Waals surface area (Å²) in [7, 11) is 0. The van der Waals surface area contributed by atoms with Gasteiger partial charge in [0.25, 0.3) is 0 Å². The molecule has 0 spiro atoms. The van der Waals surface area contributed by atoms with E-state index in [1.807, 2.05) is 0 Å². The first-order chi connectivity index (χ1) is 13.5. The number of fused-ring (bicyclic) bond motifs is 5. The van der Waals surface area contributed by atoms with Crippen LogP contribution in [0.1, 0.15) is 93.9 Å². The molecule has 0 N–H and O–H groups in total. The zero-order valence-corrected chi connectivity index (χ0v) is 20.5. The van der Waals surface area contributed by atoms with Gasteiger partial charge in [-0.15, -0.1) is 0 Å². The largest absolute Gasteiger partial charge is 0.376 e. The summed E-state index contributed by atoms with van der Waals surface area (Å²) in [5, 5.41) is 0. The molecule has 0 heterocycles. The van der Waals surface area contributed by atoms with Crippen molar-refractivity contribution in [2.45, 2.75) is 117 Å². The van der Waals surface area contributed by atoms with Crippen LogP contribution in [0.15, 0.2) is 0 Å². The van der Waals surface area contributed by atoms with E-state index in [0.717, 1.165) is 49.2 Å². The van der Waals surface area contributed by atoms with E-state index in [1.54, 1.807) is 0 Å². The van der Waals surface area contributed by atoms with Crippen molar-refractivity contribution < 1.29 is 14.2 Å². The summed E-state index contributed by atoms with van der Waals surface area (Å²) in [4.78, 5) is 0. The van der Waals surface area contributed by atoms with Crippen molar-refractivity contribution in [3.8, 4) is 0 Å². The fourth-order valence-electron chi connectivity index (χ4n) is 6.67. The summed E-state index contributed by atoms with van der Waals surface area (Å²) in [6.07, 6.45) is 8.66. The maximum atomic E-state index is 6.52. The standard InChI is InChI=1S/C26H48O3/c1-9-27-25(5,6)10-11-28-26(7,8)16-19-12-21-20-14-23(22(21)13-19)24(15-20)29-18(4)17(2)3/h17-24H,9-16H2,1-8H3/t18-,19?,20?,21?,22?,23?,24?/m1/s1. The molecule has 3 heteroatoms. The van der Waals surface area contributed by atoms with Crippen LogP contribution in [-0.2, 0) is 14.2 Å². The quantitative estimate of drug-likeness (QED) is 0.391.